The Morgan fingerprint density at radius 2 is 1.77 bits per heavy atom. The van der Waals surface area contributed by atoms with Crippen molar-refractivity contribution < 1.29 is 37.0 Å². The number of fused-ring (bicyclic) bond motifs is 1. The largest absolute Gasteiger partial charge is 0.573 e. The van der Waals surface area contributed by atoms with E-state index in [2.05, 4.69) is 4.74 Å². The Hall–Kier alpha value is -3.56. The third kappa shape index (κ3) is 3.80. The molecule has 0 aliphatic heterocycles. The molecule has 3 N–H and O–H groups in total. The maximum Gasteiger partial charge on any atom is 0.573 e. The number of primary amides is 1. The van der Waals surface area contributed by atoms with E-state index in [4.69, 9.17) is 5.73 Å². The van der Waals surface area contributed by atoms with Crippen molar-refractivity contribution in [1.29, 1.82) is 0 Å². The first kappa shape index (κ1) is 21.2. The molecule has 10 heteroatoms. The van der Waals surface area contributed by atoms with E-state index in [0.717, 1.165) is 41.0 Å². The van der Waals surface area contributed by atoms with E-state index in [1.165, 1.54) is 13.8 Å². The van der Waals surface area contributed by atoms with Crippen molar-refractivity contribution in [1.82, 2.24) is 4.57 Å². The number of rotatable bonds is 4. The number of hydrogen-bond acceptors (Lipinski definition) is 4. The highest BCUT2D eigenvalue weighted by atomic mass is 19.4. The summed E-state index contributed by atoms with van der Waals surface area (Å²) in [6, 6.07) is 6.23. The Bertz CT molecular complexity index is 1150. The number of aromatic hydroxyl groups is 1. The van der Waals surface area contributed by atoms with Crippen LogP contribution >= 0.6 is 0 Å². The van der Waals surface area contributed by atoms with Crippen LogP contribution in [-0.2, 0) is 4.79 Å². The van der Waals surface area contributed by atoms with E-state index in [0.29, 0.717) is 5.56 Å². The van der Waals surface area contributed by atoms with Crippen LogP contribution in [0.1, 0.15) is 34.5 Å². The van der Waals surface area contributed by atoms with E-state index in [1.54, 1.807) is 0 Å². The lowest BCUT2D eigenvalue weighted by molar-refractivity contribution is -0.274. The zero-order valence-electron chi connectivity index (χ0n) is 15.7. The Kier molecular flexibility index (Phi) is 5.19. The van der Waals surface area contributed by atoms with E-state index < -0.39 is 41.4 Å². The summed E-state index contributed by atoms with van der Waals surface area (Å²) in [5.74, 6) is -4.38. The molecule has 2 aromatic carbocycles. The predicted octanol–water partition coefficient (Wildman–Crippen LogP) is 3.97. The second kappa shape index (κ2) is 7.36. The summed E-state index contributed by atoms with van der Waals surface area (Å²) in [5.41, 5.74) is 6.07. The summed E-state index contributed by atoms with van der Waals surface area (Å²) in [7, 11) is 0. The Morgan fingerprint density at radius 3 is 2.30 bits per heavy atom. The van der Waals surface area contributed by atoms with Gasteiger partial charge < -0.3 is 15.6 Å². The van der Waals surface area contributed by atoms with Gasteiger partial charge in [-0.1, -0.05) is 0 Å². The molecule has 1 amide bonds. The van der Waals surface area contributed by atoms with Gasteiger partial charge in [-0.25, -0.2) is 4.39 Å². The third-order valence-electron chi connectivity index (χ3n) is 4.72. The molecule has 1 aromatic heterocycles. The molecule has 0 aliphatic carbocycles. The first-order valence-corrected chi connectivity index (χ1v) is 8.64. The number of phenolic OH excluding ortho intramolecular Hbond substituents is 1. The number of amides is 1. The van der Waals surface area contributed by atoms with E-state index in [1.807, 2.05) is 0 Å². The quantitative estimate of drug-likeness (QED) is 0.620. The van der Waals surface area contributed by atoms with Gasteiger partial charge in [-0.05, 0) is 49.7 Å². The lowest BCUT2D eigenvalue weighted by atomic mass is 9.97. The number of carbonyl (C=O) groups excluding carboxylic acids is 2. The summed E-state index contributed by atoms with van der Waals surface area (Å²) < 4.78 is 55.9. The standard InChI is InChI=1S/C20H16F4N2O4/c1-9(18(25)28)17-10(2)26(15-8-14(21)16(27)7-13(15)17)19(29)11-3-5-12(6-4-11)30-20(22,23)24/h3-9,27H,1-2H3,(H2,25,28)/t9-/m0/s1. The van der Waals surface area contributed by atoms with Crippen LogP contribution < -0.4 is 10.5 Å². The van der Waals surface area contributed by atoms with Crippen molar-refractivity contribution in [2.24, 2.45) is 5.73 Å². The zero-order valence-corrected chi connectivity index (χ0v) is 15.7. The third-order valence-corrected chi connectivity index (χ3v) is 4.72. The average Bonchev–Trinajstić information content (AvgIpc) is 2.91. The minimum absolute atomic E-state index is 0.00344. The van der Waals surface area contributed by atoms with Crippen LogP contribution in [0.5, 0.6) is 11.5 Å². The topological polar surface area (TPSA) is 94.5 Å². The minimum Gasteiger partial charge on any atom is -0.505 e. The Labute approximate surface area is 167 Å². The monoisotopic (exact) mass is 424 g/mol. The van der Waals surface area contributed by atoms with Gasteiger partial charge in [0, 0.05) is 22.7 Å². The summed E-state index contributed by atoms with van der Waals surface area (Å²) in [6.45, 7) is 3.02. The summed E-state index contributed by atoms with van der Waals surface area (Å²) in [5, 5.41) is 10.0. The second-order valence-electron chi connectivity index (χ2n) is 6.66. The molecule has 0 radical (unpaired) electrons. The number of phenols is 1. The van der Waals surface area contributed by atoms with Crippen LogP contribution in [0.4, 0.5) is 17.6 Å². The molecule has 0 saturated carbocycles. The molecule has 3 rings (SSSR count). The van der Waals surface area contributed by atoms with Gasteiger partial charge in [-0.3, -0.25) is 14.2 Å². The van der Waals surface area contributed by atoms with Crippen molar-refractivity contribution in [3.8, 4) is 11.5 Å². The lowest BCUT2D eigenvalue weighted by Crippen LogP contribution is -2.20. The number of nitrogens with zero attached hydrogens (tertiary/aromatic N) is 1. The Balaban J connectivity index is 2.15. The van der Waals surface area contributed by atoms with Crippen molar-refractivity contribution >= 4 is 22.7 Å². The van der Waals surface area contributed by atoms with E-state index in [9.17, 15) is 32.3 Å². The van der Waals surface area contributed by atoms with Gasteiger partial charge in [0.05, 0.1) is 11.4 Å². The van der Waals surface area contributed by atoms with Gasteiger partial charge in [0.25, 0.3) is 5.91 Å². The number of benzene rings is 2. The van der Waals surface area contributed by atoms with Crippen molar-refractivity contribution in [2.45, 2.75) is 26.1 Å². The highest BCUT2D eigenvalue weighted by molar-refractivity contribution is 6.05. The van der Waals surface area contributed by atoms with Gasteiger partial charge in [0.2, 0.25) is 5.91 Å². The predicted molar refractivity (Wildman–Crippen MR) is 98.8 cm³/mol. The first-order chi connectivity index (χ1) is 13.9. The van der Waals surface area contributed by atoms with Gasteiger partial charge in [-0.2, -0.15) is 0 Å². The molecule has 3 aromatic rings. The molecular weight excluding hydrogens is 408 g/mol. The molecule has 6 nitrogen and oxygen atoms in total. The number of aromatic nitrogens is 1. The maximum absolute atomic E-state index is 14.0. The smallest absolute Gasteiger partial charge is 0.505 e. The molecule has 0 bridgehead atoms. The van der Waals surface area contributed by atoms with Crippen molar-refractivity contribution in [2.75, 3.05) is 0 Å². The fraction of sp³-hybridized carbons (Fsp3) is 0.200. The molecule has 30 heavy (non-hydrogen) atoms. The fourth-order valence-electron chi connectivity index (χ4n) is 3.33. The van der Waals surface area contributed by atoms with Crippen molar-refractivity contribution in [3.63, 3.8) is 0 Å². The molecule has 1 atom stereocenters. The van der Waals surface area contributed by atoms with Crippen LogP contribution in [0, 0.1) is 12.7 Å². The SMILES string of the molecule is Cc1c([C@H](C)C(N)=O)c2cc(O)c(F)cc2n1C(=O)c1ccc(OC(F)(F)F)cc1. The van der Waals surface area contributed by atoms with Gasteiger partial charge in [-0.15, -0.1) is 13.2 Å². The molecule has 1 heterocycles. The zero-order chi connectivity index (χ0) is 22.4. The first-order valence-electron chi connectivity index (χ1n) is 8.64. The van der Waals surface area contributed by atoms with E-state index in [-0.39, 0.29) is 22.2 Å². The molecule has 0 unspecified atom stereocenters. The summed E-state index contributed by atoms with van der Waals surface area (Å²) in [6.07, 6.45) is -4.88. The maximum atomic E-state index is 14.0. The average molecular weight is 424 g/mol. The highest BCUT2D eigenvalue weighted by Crippen LogP contribution is 2.36. The van der Waals surface area contributed by atoms with Crippen LogP contribution in [0.25, 0.3) is 10.9 Å². The summed E-state index contributed by atoms with van der Waals surface area (Å²) in [4.78, 5) is 24.8. The van der Waals surface area contributed by atoms with Gasteiger partial charge in [0.1, 0.15) is 5.75 Å². The number of nitrogens with two attached hydrogens (primary N) is 1. The van der Waals surface area contributed by atoms with Crippen LogP contribution in [0.15, 0.2) is 36.4 Å². The molecule has 0 saturated heterocycles. The van der Waals surface area contributed by atoms with E-state index >= 15 is 0 Å². The second-order valence-corrected chi connectivity index (χ2v) is 6.66. The number of hydrogen-bond donors (Lipinski definition) is 2. The van der Waals surface area contributed by atoms with Crippen LogP contribution in [-0.4, -0.2) is 27.9 Å². The normalized spacial score (nSPS) is 12.7. The number of ether oxygens (including phenoxy) is 1. The Morgan fingerprint density at radius 1 is 1.17 bits per heavy atom. The fourth-order valence-corrected chi connectivity index (χ4v) is 3.33. The molecular formula is C20H16F4N2O4. The number of alkyl halides is 3. The molecule has 0 fully saturated rings. The molecule has 0 spiro atoms. The minimum atomic E-state index is -4.88. The highest BCUT2D eigenvalue weighted by Gasteiger charge is 2.31. The van der Waals surface area contributed by atoms with Crippen LogP contribution in [0.2, 0.25) is 0 Å². The molecule has 158 valence electrons. The molecule has 0 aliphatic rings. The van der Waals surface area contributed by atoms with Gasteiger partial charge in [0.15, 0.2) is 11.6 Å². The van der Waals surface area contributed by atoms with Crippen molar-refractivity contribution in [3.05, 3.63) is 59.0 Å². The summed E-state index contributed by atoms with van der Waals surface area (Å²) >= 11 is 0. The van der Waals surface area contributed by atoms with Gasteiger partial charge >= 0.3 is 6.36 Å². The van der Waals surface area contributed by atoms with Crippen LogP contribution in [0.3, 0.4) is 0 Å². The lowest BCUT2D eigenvalue weighted by Gasteiger charge is -2.11. The number of carbonyl (C=O) groups is 2. The number of halogens is 4.